The highest BCUT2D eigenvalue weighted by Crippen LogP contribution is 2.25. The predicted molar refractivity (Wildman–Crippen MR) is 113 cm³/mol. The highest BCUT2D eigenvalue weighted by Gasteiger charge is 2.12. The summed E-state index contributed by atoms with van der Waals surface area (Å²) in [6, 6.07) is 6.06. The molecule has 0 aliphatic heterocycles. The van der Waals surface area contributed by atoms with E-state index in [2.05, 4.69) is 15.6 Å². The van der Waals surface area contributed by atoms with Gasteiger partial charge in [-0.25, -0.2) is 4.98 Å². The molecule has 0 atom stereocenters. The van der Waals surface area contributed by atoms with E-state index in [1.165, 1.54) is 34.4 Å². The van der Waals surface area contributed by atoms with Crippen molar-refractivity contribution in [3.05, 3.63) is 61.5 Å². The lowest BCUT2D eigenvalue weighted by atomic mass is 10.2. The minimum absolute atomic E-state index is 0.0274. The summed E-state index contributed by atoms with van der Waals surface area (Å²) in [4.78, 5) is 40.9. The van der Waals surface area contributed by atoms with Crippen LogP contribution in [0.15, 0.2) is 35.4 Å². The second-order valence-corrected chi connectivity index (χ2v) is 7.74. The molecule has 2 heterocycles. The van der Waals surface area contributed by atoms with E-state index in [1.807, 2.05) is 13.8 Å². The third-order valence-electron chi connectivity index (χ3n) is 4.59. The van der Waals surface area contributed by atoms with Gasteiger partial charge in [0.1, 0.15) is 4.83 Å². The molecule has 3 aromatic rings. The molecular formula is C19H21N5O4S. The number of non-ortho nitro benzene ring substituents is 1. The summed E-state index contributed by atoms with van der Waals surface area (Å²) in [5.41, 5.74) is 1.58. The number of nitro groups is 1. The first-order chi connectivity index (χ1) is 13.9. The van der Waals surface area contributed by atoms with Gasteiger partial charge in [-0.05, 0) is 31.5 Å². The second-order valence-electron chi connectivity index (χ2n) is 6.54. The Kier molecular flexibility index (Phi) is 6.23. The standard InChI is InChI=1S/C19H21N5O4S/c1-12-13(2)29-18-17(12)19(26)23(11-22-18)10-7-16(25)21-9-8-20-14-3-5-15(6-4-14)24(27)28/h3-6,11,20H,7-10H2,1-2H3,(H,21,25). The molecule has 0 unspecified atom stereocenters. The number of aryl methyl sites for hydroxylation is 3. The minimum Gasteiger partial charge on any atom is -0.383 e. The minimum atomic E-state index is -0.455. The number of thiophene rings is 1. The smallest absolute Gasteiger partial charge is 0.269 e. The quantitative estimate of drug-likeness (QED) is 0.332. The predicted octanol–water partition coefficient (Wildman–Crippen LogP) is 2.60. The van der Waals surface area contributed by atoms with E-state index in [1.54, 1.807) is 12.1 Å². The van der Waals surface area contributed by atoms with Crippen molar-refractivity contribution in [3.8, 4) is 0 Å². The molecule has 10 heteroatoms. The van der Waals surface area contributed by atoms with Crippen LogP contribution in [0.25, 0.3) is 10.2 Å². The third kappa shape index (κ3) is 4.77. The molecule has 0 bridgehead atoms. The Balaban J connectivity index is 1.46. The van der Waals surface area contributed by atoms with E-state index in [0.717, 1.165) is 21.0 Å². The number of aromatic nitrogens is 2. The van der Waals surface area contributed by atoms with E-state index >= 15 is 0 Å². The van der Waals surface area contributed by atoms with Crippen molar-refractivity contribution in [3.63, 3.8) is 0 Å². The van der Waals surface area contributed by atoms with Gasteiger partial charge in [-0.2, -0.15) is 0 Å². The Labute approximate surface area is 170 Å². The normalized spacial score (nSPS) is 10.8. The van der Waals surface area contributed by atoms with Gasteiger partial charge < -0.3 is 10.6 Å². The first-order valence-corrected chi connectivity index (χ1v) is 9.88. The number of nitro benzene ring substituents is 1. The molecule has 1 aromatic carbocycles. The Morgan fingerprint density at radius 2 is 1.97 bits per heavy atom. The first-order valence-electron chi connectivity index (χ1n) is 9.07. The van der Waals surface area contributed by atoms with Crippen molar-refractivity contribution in [1.82, 2.24) is 14.9 Å². The molecule has 2 N–H and O–H groups in total. The average Bonchev–Trinajstić information content (AvgIpc) is 2.99. The number of amides is 1. The van der Waals surface area contributed by atoms with Crippen LogP contribution in [-0.2, 0) is 11.3 Å². The zero-order valence-corrected chi connectivity index (χ0v) is 16.9. The maximum absolute atomic E-state index is 12.6. The molecule has 0 aliphatic carbocycles. The molecule has 2 aromatic heterocycles. The van der Waals surface area contributed by atoms with Gasteiger partial charge in [0.25, 0.3) is 11.2 Å². The Bertz CT molecular complexity index is 1100. The molecule has 0 saturated carbocycles. The SMILES string of the molecule is Cc1sc2ncn(CCC(=O)NCCNc3ccc([N+](=O)[O-])cc3)c(=O)c2c1C. The van der Waals surface area contributed by atoms with Gasteiger partial charge >= 0.3 is 0 Å². The molecule has 0 fully saturated rings. The van der Waals surface area contributed by atoms with E-state index < -0.39 is 4.92 Å². The van der Waals surface area contributed by atoms with E-state index in [9.17, 15) is 19.7 Å². The van der Waals surface area contributed by atoms with Crippen molar-refractivity contribution in [2.24, 2.45) is 0 Å². The number of anilines is 1. The second kappa shape index (κ2) is 8.82. The largest absolute Gasteiger partial charge is 0.383 e. The van der Waals surface area contributed by atoms with Crippen molar-refractivity contribution < 1.29 is 9.72 Å². The first kappa shape index (κ1) is 20.5. The zero-order chi connectivity index (χ0) is 21.0. The molecule has 0 saturated heterocycles. The zero-order valence-electron chi connectivity index (χ0n) is 16.1. The molecule has 9 nitrogen and oxygen atoms in total. The number of benzene rings is 1. The number of carbonyl (C=O) groups is 1. The lowest BCUT2D eigenvalue weighted by molar-refractivity contribution is -0.384. The van der Waals surface area contributed by atoms with Crippen molar-refractivity contribution in [2.45, 2.75) is 26.8 Å². The summed E-state index contributed by atoms with van der Waals surface area (Å²) in [7, 11) is 0. The Morgan fingerprint density at radius 3 is 2.66 bits per heavy atom. The van der Waals surface area contributed by atoms with E-state index in [0.29, 0.717) is 18.5 Å². The van der Waals surface area contributed by atoms with Gasteiger partial charge in [-0.15, -0.1) is 11.3 Å². The lowest BCUT2D eigenvalue weighted by Gasteiger charge is -2.09. The number of fused-ring (bicyclic) bond motifs is 1. The van der Waals surface area contributed by atoms with Crippen molar-refractivity contribution >= 4 is 38.8 Å². The third-order valence-corrected chi connectivity index (χ3v) is 5.71. The molecule has 29 heavy (non-hydrogen) atoms. The summed E-state index contributed by atoms with van der Waals surface area (Å²) in [5, 5.41) is 17.1. The van der Waals surface area contributed by atoms with Crippen LogP contribution < -0.4 is 16.2 Å². The van der Waals surface area contributed by atoms with Crippen LogP contribution in [0.1, 0.15) is 16.9 Å². The van der Waals surface area contributed by atoms with Gasteiger partial charge in [0.15, 0.2) is 0 Å². The monoisotopic (exact) mass is 415 g/mol. The molecule has 0 spiro atoms. The highest BCUT2D eigenvalue weighted by molar-refractivity contribution is 7.18. The fraction of sp³-hybridized carbons (Fsp3) is 0.316. The number of nitrogens with one attached hydrogen (secondary N) is 2. The summed E-state index contributed by atoms with van der Waals surface area (Å²) in [6.07, 6.45) is 1.66. The summed E-state index contributed by atoms with van der Waals surface area (Å²) in [6.45, 7) is 5.00. The maximum Gasteiger partial charge on any atom is 0.269 e. The van der Waals surface area contributed by atoms with Crippen LogP contribution in [0, 0.1) is 24.0 Å². The summed E-state index contributed by atoms with van der Waals surface area (Å²) in [5.74, 6) is -0.166. The number of carbonyl (C=O) groups excluding carboxylic acids is 1. The molecule has 152 valence electrons. The highest BCUT2D eigenvalue weighted by atomic mass is 32.1. The van der Waals surface area contributed by atoms with Crippen LogP contribution >= 0.6 is 11.3 Å². The van der Waals surface area contributed by atoms with Gasteiger partial charge in [-0.1, -0.05) is 0 Å². The van der Waals surface area contributed by atoms with Crippen LogP contribution in [0.3, 0.4) is 0 Å². The number of rotatable bonds is 8. The van der Waals surface area contributed by atoms with Gasteiger partial charge in [-0.3, -0.25) is 24.3 Å². The van der Waals surface area contributed by atoms with Gasteiger partial charge in [0, 0.05) is 48.8 Å². The molecule has 0 aliphatic rings. The van der Waals surface area contributed by atoms with E-state index in [-0.39, 0.29) is 30.1 Å². The summed E-state index contributed by atoms with van der Waals surface area (Å²) >= 11 is 1.50. The fourth-order valence-corrected chi connectivity index (χ4v) is 3.84. The van der Waals surface area contributed by atoms with Gasteiger partial charge in [0.2, 0.25) is 5.91 Å². The van der Waals surface area contributed by atoms with Crippen LogP contribution in [0.2, 0.25) is 0 Å². The van der Waals surface area contributed by atoms with Gasteiger partial charge in [0.05, 0.1) is 16.6 Å². The fourth-order valence-electron chi connectivity index (χ4n) is 2.85. The topological polar surface area (TPSA) is 119 Å². The lowest BCUT2D eigenvalue weighted by Crippen LogP contribution is -2.30. The maximum atomic E-state index is 12.6. The Hall–Kier alpha value is -3.27. The van der Waals surface area contributed by atoms with Crippen LogP contribution in [0.5, 0.6) is 0 Å². The number of nitrogens with zero attached hydrogens (tertiary/aromatic N) is 3. The van der Waals surface area contributed by atoms with Crippen LogP contribution in [-0.4, -0.2) is 33.5 Å². The number of hydrogen-bond acceptors (Lipinski definition) is 7. The van der Waals surface area contributed by atoms with E-state index in [4.69, 9.17) is 0 Å². The molecule has 1 amide bonds. The van der Waals surface area contributed by atoms with Crippen molar-refractivity contribution in [2.75, 3.05) is 18.4 Å². The molecule has 0 radical (unpaired) electrons. The van der Waals surface area contributed by atoms with Crippen molar-refractivity contribution in [1.29, 1.82) is 0 Å². The molecule has 3 rings (SSSR count). The molecular weight excluding hydrogens is 394 g/mol. The summed E-state index contributed by atoms with van der Waals surface area (Å²) < 4.78 is 1.47. The average molecular weight is 415 g/mol. The number of hydrogen-bond donors (Lipinski definition) is 2. The van der Waals surface area contributed by atoms with Crippen LogP contribution in [0.4, 0.5) is 11.4 Å². The Morgan fingerprint density at radius 1 is 1.24 bits per heavy atom.